The number of hydrogen-bond acceptors (Lipinski definition) is 6. The normalized spacial score (nSPS) is 37.4. The van der Waals surface area contributed by atoms with Crippen molar-refractivity contribution in [2.24, 2.45) is 33.7 Å². The molecule has 0 aliphatic heterocycles. The zero-order valence-corrected chi connectivity index (χ0v) is 24.7. The number of fused-ring (bicyclic) bond motifs is 6. The molecule has 2 aromatic rings. The third-order valence-electron chi connectivity index (χ3n) is 11.6. The summed E-state index contributed by atoms with van der Waals surface area (Å²) in [6.07, 6.45) is 9.42. The zero-order valence-electron chi connectivity index (χ0n) is 24.7. The van der Waals surface area contributed by atoms with E-state index in [-0.39, 0.29) is 29.8 Å². The summed E-state index contributed by atoms with van der Waals surface area (Å²) in [6, 6.07) is 6.55. The number of carbonyl (C=O) groups excluding carboxylic acids is 1. The summed E-state index contributed by atoms with van der Waals surface area (Å²) in [7, 11) is 0. The number of oxime groups is 1. The predicted molar refractivity (Wildman–Crippen MR) is 159 cm³/mol. The monoisotopic (exact) mass is 577 g/mol. The lowest BCUT2D eigenvalue weighted by atomic mass is 9.45. The summed E-state index contributed by atoms with van der Waals surface area (Å²) >= 11 is 0. The Hall–Kier alpha value is -3.17. The van der Waals surface area contributed by atoms with Crippen molar-refractivity contribution in [1.82, 2.24) is 10.3 Å². The molecule has 4 aliphatic carbocycles. The van der Waals surface area contributed by atoms with Gasteiger partial charge in [0.1, 0.15) is 6.04 Å². The van der Waals surface area contributed by atoms with E-state index in [1.54, 1.807) is 6.20 Å². The molecule has 8 unspecified atom stereocenters. The number of H-pyrrole nitrogens is 1. The molecule has 3 saturated carbocycles. The number of aromatic amines is 1. The van der Waals surface area contributed by atoms with E-state index in [0.29, 0.717) is 24.7 Å². The van der Waals surface area contributed by atoms with E-state index in [4.69, 9.17) is 4.84 Å². The molecular weight excluding hydrogens is 534 g/mol. The van der Waals surface area contributed by atoms with Gasteiger partial charge < -0.3 is 30.5 Å². The highest BCUT2D eigenvalue weighted by molar-refractivity contribution is 5.96. The summed E-state index contributed by atoms with van der Waals surface area (Å²) in [5, 5.41) is 40.1. The number of amides is 1. The first kappa shape index (κ1) is 28.9. The van der Waals surface area contributed by atoms with Gasteiger partial charge in [0.05, 0.1) is 17.4 Å². The fourth-order valence-corrected chi connectivity index (χ4v) is 9.12. The number of aliphatic carboxylic acids is 1. The molecule has 0 bridgehead atoms. The number of carboxylic acid groups (broad SMARTS) is 1. The van der Waals surface area contributed by atoms with Crippen LogP contribution in [-0.4, -0.2) is 62.2 Å². The highest BCUT2D eigenvalue weighted by Crippen LogP contribution is 2.67. The SMILES string of the molecule is CC12CCC(=NOCC(=O)NC(Cc3c[nH]c4ccccc34)C(=O)O)C=C1CCC1C2C(O)CC2(C)C1CCC2(C)O. The third-order valence-corrected chi connectivity index (χ3v) is 11.6. The third kappa shape index (κ3) is 4.74. The van der Waals surface area contributed by atoms with Crippen LogP contribution in [0.15, 0.2) is 47.3 Å². The van der Waals surface area contributed by atoms with Crippen molar-refractivity contribution in [3.63, 3.8) is 0 Å². The van der Waals surface area contributed by atoms with Crippen molar-refractivity contribution < 1.29 is 29.7 Å². The van der Waals surface area contributed by atoms with Gasteiger partial charge in [0.25, 0.3) is 5.91 Å². The fraction of sp³-hybridized carbons (Fsp3) is 0.606. The molecule has 1 aromatic carbocycles. The van der Waals surface area contributed by atoms with Crippen LogP contribution in [0.4, 0.5) is 0 Å². The first-order valence-electron chi connectivity index (χ1n) is 15.3. The molecule has 0 saturated heterocycles. The van der Waals surface area contributed by atoms with Gasteiger partial charge >= 0.3 is 5.97 Å². The van der Waals surface area contributed by atoms with Crippen LogP contribution in [0.25, 0.3) is 10.9 Å². The highest BCUT2D eigenvalue weighted by atomic mass is 16.6. The Balaban J connectivity index is 1.09. The van der Waals surface area contributed by atoms with Crippen LogP contribution in [-0.2, 0) is 20.8 Å². The summed E-state index contributed by atoms with van der Waals surface area (Å²) < 4.78 is 0. The molecule has 1 heterocycles. The average molecular weight is 578 g/mol. The maximum Gasteiger partial charge on any atom is 0.326 e. The molecule has 6 rings (SSSR count). The maximum atomic E-state index is 12.6. The maximum absolute atomic E-state index is 12.6. The van der Waals surface area contributed by atoms with Gasteiger partial charge in [-0.05, 0) is 92.7 Å². The molecule has 3 fully saturated rings. The molecule has 226 valence electrons. The molecule has 9 nitrogen and oxygen atoms in total. The lowest BCUT2D eigenvalue weighted by Crippen LogP contribution is -2.59. The lowest BCUT2D eigenvalue weighted by molar-refractivity contribution is -0.164. The van der Waals surface area contributed by atoms with Gasteiger partial charge in [0, 0.05) is 28.9 Å². The van der Waals surface area contributed by atoms with Gasteiger partial charge in [-0.15, -0.1) is 0 Å². The zero-order chi connectivity index (χ0) is 29.9. The summed E-state index contributed by atoms with van der Waals surface area (Å²) in [6.45, 7) is 6.04. The summed E-state index contributed by atoms with van der Waals surface area (Å²) in [5.74, 6) is -0.691. The van der Waals surface area contributed by atoms with Gasteiger partial charge in [-0.1, -0.05) is 42.8 Å². The molecule has 0 spiro atoms. The Morgan fingerprint density at radius 3 is 2.74 bits per heavy atom. The second-order valence-corrected chi connectivity index (χ2v) is 13.8. The van der Waals surface area contributed by atoms with E-state index < -0.39 is 29.6 Å². The molecule has 0 radical (unpaired) electrons. The number of aromatic nitrogens is 1. The summed E-state index contributed by atoms with van der Waals surface area (Å²) in [4.78, 5) is 33.0. The fourth-order valence-electron chi connectivity index (χ4n) is 9.12. The topological polar surface area (TPSA) is 144 Å². The van der Waals surface area contributed by atoms with Gasteiger partial charge in [-0.25, -0.2) is 4.79 Å². The van der Waals surface area contributed by atoms with Gasteiger partial charge in [0.15, 0.2) is 6.61 Å². The van der Waals surface area contributed by atoms with Gasteiger partial charge in [-0.2, -0.15) is 0 Å². The lowest BCUT2D eigenvalue weighted by Gasteiger charge is -2.60. The molecule has 8 atom stereocenters. The molecule has 1 amide bonds. The number of hydrogen-bond donors (Lipinski definition) is 5. The van der Waals surface area contributed by atoms with E-state index in [1.165, 1.54) is 5.57 Å². The van der Waals surface area contributed by atoms with Crippen molar-refractivity contribution in [2.45, 2.75) is 89.9 Å². The first-order valence-corrected chi connectivity index (χ1v) is 15.3. The standard InChI is InChI=1S/C33H43N3O6/c1-31-12-10-21(15-20(31)8-9-23-24-11-13-33(3,41)32(24,2)16-27(37)29(23)31)36-42-18-28(38)35-26(30(39)40)14-19-17-34-25-7-5-4-6-22(19)25/h4-7,15,17,23-24,26-27,29,34,37,41H,8-14,16,18H2,1-3H3,(H,35,38)(H,39,40). The van der Waals surface area contributed by atoms with Crippen LogP contribution in [0.1, 0.15) is 71.3 Å². The number of benzene rings is 1. The molecular formula is C33H43N3O6. The molecule has 1 aromatic heterocycles. The number of carbonyl (C=O) groups is 2. The minimum atomic E-state index is -1.11. The number of aliphatic hydroxyl groups excluding tert-OH is 1. The van der Waals surface area contributed by atoms with Gasteiger partial charge in [-0.3, -0.25) is 4.79 Å². The van der Waals surface area contributed by atoms with E-state index in [9.17, 15) is 24.9 Å². The van der Waals surface area contributed by atoms with Crippen molar-refractivity contribution in [3.05, 3.63) is 47.7 Å². The van der Waals surface area contributed by atoms with Crippen LogP contribution in [0, 0.1) is 28.6 Å². The Bertz CT molecular complexity index is 1440. The molecule has 4 aliphatic rings. The van der Waals surface area contributed by atoms with Crippen molar-refractivity contribution in [1.29, 1.82) is 0 Å². The number of para-hydroxylation sites is 1. The second kappa shape index (κ2) is 10.5. The van der Waals surface area contributed by atoms with E-state index >= 15 is 0 Å². The number of rotatable bonds is 7. The number of nitrogens with zero attached hydrogens (tertiary/aromatic N) is 1. The minimum Gasteiger partial charge on any atom is -0.480 e. The van der Waals surface area contributed by atoms with Crippen molar-refractivity contribution >= 4 is 28.5 Å². The average Bonchev–Trinajstić information content (AvgIpc) is 3.45. The highest BCUT2D eigenvalue weighted by Gasteiger charge is 2.64. The smallest absolute Gasteiger partial charge is 0.326 e. The number of carboxylic acids is 1. The van der Waals surface area contributed by atoms with E-state index in [1.807, 2.05) is 31.2 Å². The van der Waals surface area contributed by atoms with Crippen LogP contribution in [0.3, 0.4) is 0 Å². The van der Waals surface area contributed by atoms with Crippen LogP contribution in [0.2, 0.25) is 0 Å². The number of aliphatic hydroxyl groups is 2. The van der Waals surface area contributed by atoms with E-state index in [0.717, 1.165) is 54.3 Å². The van der Waals surface area contributed by atoms with Crippen LogP contribution < -0.4 is 5.32 Å². The molecule has 42 heavy (non-hydrogen) atoms. The minimum absolute atomic E-state index is 0.133. The Kier molecular flexibility index (Phi) is 7.25. The number of allylic oxidation sites excluding steroid dienone is 2. The molecule has 9 heteroatoms. The van der Waals surface area contributed by atoms with E-state index in [2.05, 4.69) is 35.4 Å². The van der Waals surface area contributed by atoms with Crippen molar-refractivity contribution in [3.8, 4) is 0 Å². The van der Waals surface area contributed by atoms with Crippen molar-refractivity contribution in [2.75, 3.05) is 6.61 Å². The Morgan fingerprint density at radius 2 is 1.95 bits per heavy atom. The van der Waals surface area contributed by atoms with Gasteiger partial charge in [0.2, 0.25) is 0 Å². The second-order valence-electron chi connectivity index (χ2n) is 13.8. The van der Waals surface area contributed by atoms with Crippen LogP contribution >= 0.6 is 0 Å². The largest absolute Gasteiger partial charge is 0.480 e. The quantitative estimate of drug-likeness (QED) is 0.310. The predicted octanol–water partition coefficient (Wildman–Crippen LogP) is 4.34. The van der Waals surface area contributed by atoms with Crippen LogP contribution in [0.5, 0.6) is 0 Å². The first-order chi connectivity index (χ1) is 19.9. The summed E-state index contributed by atoms with van der Waals surface area (Å²) in [5.41, 5.74) is 2.65. The number of nitrogens with one attached hydrogen (secondary N) is 2. The Labute approximate surface area is 246 Å². The molecule has 5 N–H and O–H groups in total. The Morgan fingerprint density at radius 1 is 1.17 bits per heavy atom.